The molecule has 0 N–H and O–H groups in total. The maximum Gasteiger partial charge on any atom is 0.216 e. The van der Waals surface area contributed by atoms with Crippen molar-refractivity contribution in [2.24, 2.45) is 16.8 Å². The Labute approximate surface area is 147 Å². The molecule has 2 nitrogen and oxygen atoms in total. The Hall–Kier alpha value is -1.31. The predicted molar refractivity (Wildman–Crippen MR) is 102 cm³/mol. The van der Waals surface area contributed by atoms with Gasteiger partial charge in [-0.1, -0.05) is 52.2 Å². The first-order valence-electron chi connectivity index (χ1n) is 9.98. The maximum atomic E-state index is 5.80. The quantitative estimate of drug-likeness (QED) is 0.632. The molecule has 1 heterocycles. The fraction of sp³-hybridized carbons (Fsp3) is 0.682. The molecule has 0 bridgehead atoms. The Morgan fingerprint density at radius 2 is 1.79 bits per heavy atom. The van der Waals surface area contributed by atoms with E-state index in [1.165, 1.54) is 50.5 Å². The number of hydrogen-bond donors (Lipinski definition) is 0. The minimum Gasteiger partial charge on any atom is -0.475 e. The molecule has 1 aliphatic heterocycles. The molecule has 3 rings (SSSR count). The summed E-state index contributed by atoms with van der Waals surface area (Å²) in [5.41, 5.74) is 2.64. The number of benzene rings is 1. The van der Waals surface area contributed by atoms with E-state index in [1.807, 2.05) is 0 Å². The number of rotatable bonds is 6. The average molecular weight is 328 g/mol. The van der Waals surface area contributed by atoms with Crippen molar-refractivity contribution >= 4 is 5.90 Å². The van der Waals surface area contributed by atoms with E-state index in [4.69, 9.17) is 9.73 Å². The summed E-state index contributed by atoms with van der Waals surface area (Å²) in [5.74, 6) is 3.12. The highest BCUT2D eigenvalue weighted by molar-refractivity contribution is 5.95. The molecule has 1 aromatic rings. The SMILES string of the molecule is CCCCC1CCC(c2ccc(C3=NC(C(C)C)CO3)cc2)CC1. The zero-order valence-corrected chi connectivity index (χ0v) is 15.6. The molecular weight excluding hydrogens is 294 g/mol. The van der Waals surface area contributed by atoms with E-state index in [0.29, 0.717) is 12.0 Å². The topological polar surface area (TPSA) is 21.6 Å². The van der Waals surface area contributed by atoms with Gasteiger partial charge in [0.25, 0.3) is 0 Å². The molecule has 1 unspecified atom stereocenters. The maximum absolute atomic E-state index is 5.80. The molecule has 0 radical (unpaired) electrons. The lowest BCUT2D eigenvalue weighted by atomic mass is 9.77. The van der Waals surface area contributed by atoms with Gasteiger partial charge in [-0.2, -0.15) is 0 Å². The van der Waals surface area contributed by atoms with E-state index in [-0.39, 0.29) is 0 Å². The summed E-state index contributed by atoms with van der Waals surface area (Å²) < 4.78 is 5.80. The van der Waals surface area contributed by atoms with Gasteiger partial charge in [-0.3, -0.25) is 0 Å². The minimum absolute atomic E-state index is 0.318. The van der Waals surface area contributed by atoms with Crippen LogP contribution < -0.4 is 0 Å². The van der Waals surface area contributed by atoms with Crippen LogP contribution in [0.2, 0.25) is 0 Å². The standard InChI is InChI=1S/C22H33NO/c1-4-5-6-17-7-9-18(10-8-17)19-11-13-20(14-12-19)22-23-21(15-24-22)16(2)3/h11-14,16-18,21H,4-10,15H2,1-3H3. The summed E-state index contributed by atoms with van der Waals surface area (Å²) in [7, 11) is 0. The number of hydrogen-bond acceptors (Lipinski definition) is 2. The monoisotopic (exact) mass is 327 g/mol. The average Bonchev–Trinajstić information content (AvgIpc) is 3.11. The summed E-state index contributed by atoms with van der Waals surface area (Å²) in [5, 5.41) is 0. The highest BCUT2D eigenvalue weighted by Gasteiger charge is 2.24. The zero-order chi connectivity index (χ0) is 16.9. The Kier molecular flexibility index (Phi) is 5.97. The molecule has 2 aliphatic rings. The second kappa shape index (κ2) is 8.18. The van der Waals surface area contributed by atoms with Crippen LogP contribution in [-0.2, 0) is 4.74 Å². The molecule has 0 aromatic heterocycles. The molecule has 0 saturated heterocycles. The van der Waals surface area contributed by atoms with Gasteiger partial charge in [0.1, 0.15) is 6.61 Å². The van der Waals surface area contributed by atoms with Gasteiger partial charge in [0.05, 0.1) is 6.04 Å². The van der Waals surface area contributed by atoms with Crippen molar-refractivity contribution in [3.63, 3.8) is 0 Å². The van der Waals surface area contributed by atoms with Gasteiger partial charge in [-0.15, -0.1) is 0 Å². The lowest BCUT2D eigenvalue weighted by Gasteiger charge is -2.28. The van der Waals surface area contributed by atoms with Gasteiger partial charge in [0.15, 0.2) is 0 Å². The highest BCUT2D eigenvalue weighted by atomic mass is 16.5. The van der Waals surface area contributed by atoms with Crippen LogP contribution in [0, 0.1) is 11.8 Å². The first-order valence-corrected chi connectivity index (χ1v) is 9.98. The lowest BCUT2D eigenvalue weighted by Crippen LogP contribution is -2.13. The summed E-state index contributed by atoms with van der Waals surface area (Å²) in [6.07, 6.45) is 9.74. The third kappa shape index (κ3) is 4.20. The molecule has 132 valence electrons. The highest BCUT2D eigenvalue weighted by Crippen LogP contribution is 2.37. The Morgan fingerprint density at radius 1 is 1.08 bits per heavy atom. The minimum atomic E-state index is 0.318. The summed E-state index contributed by atoms with van der Waals surface area (Å²) in [6.45, 7) is 7.45. The molecule has 1 atom stereocenters. The zero-order valence-electron chi connectivity index (χ0n) is 15.6. The van der Waals surface area contributed by atoms with Crippen molar-refractivity contribution in [2.45, 2.75) is 77.7 Å². The van der Waals surface area contributed by atoms with Crippen LogP contribution in [0.1, 0.15) is 82.8 Å². The molecule has 1 fully saturated rings. The lowest BCUT2D eigenvalue weighted by molar-refractivity contribution is 0.292. The molecule has 1 saturated carbocycles. The summed E-state index contributed by atoms with van der Waals surface area (Å²) in [6, 6.07) is 9.35. The van der Waals surface area contributed by atoms with E-state index >= 15 is 0 Å². The molecule has 2 heteroatoms. The molecule has 1 aromatic carbocycles. The van der Waals surface area contributed by atoms with Crippen molar-refractivity contribution in [3.8, 4) is 0 Å². The van der Waals surface area contributed by atoms with Gasteiger partial charge in [-0.05, 0) is 61.1 Å². The number of aliphatic imine (C=N–C) groups is 1. The van der Waals surface area contributed by atoms with Crippen LogP contribution in [-0.4, -0.2) is 18.5 Å². The third-order valence-corrected chi connectivity index (χ3v) is 5.89. The Bertz CT molecular complexity index is 538. The van der Waals surface area contributed by atoms with E-state index in [9.17, 15) is 0 Å². The van der Waals surface area contributed by atoms with Crippen molar-refractivity contribution < 1.29 is 4.74 Å². The van der Waals surface area contributed by atoms with Crippen molar-refractivity contribution in [1.82, 2.24) is 0 Å². The van der Waals surface area contributed by atoms with E-state index in [2.05, 4.69) is 45.0 Å². The van der Waals surface area contributed by atoms with E-state index in [0.717, 1.165) is 29.9 Å². The normalized spacial score (nSPS) is 27.2. The first kappa shape index (κ1) is 17.5. The molecule has 0 amide bonds. The number of nitrogens with zero attached hydrogens (tertiary/aromatic N) is 1. The second-order valence-electron chi connectivity index (χ2n) is 8.04. The van der Waals surface area contributed by atoms with Gasteiger partial charge in [0, 0.05) is 5.56 Å². The van der Waals surface area contributed by atoms with Crippen molar-refractivity contribution in [2.75, 3.05) is 6.61 Å². The van der Waals surface area contributed by atoms with Crippen LogP contribution >= 0.6 is 0 Å². The summed E-state index contributed by atoms with van der Waals surface area (Å²) >= 11 is 0. The van der Waals surface area contributed by atoms with Crippen LogP contribution in [0.15, 0.2) is 29.3 Å². The Balaban J connectivity index is 1.57. The van der Waals surface area contributed by atoms with Crippen LogP contribution in [0.3, 0.4) is 0 Å². The number of ether oxygens (including phenoxy) is 1. The fourth-order valence-electron chi connectivity index (χ4n) is 4.06. The third-order valence-electron chi connectivity index (χ3n) is 5.89. The first-order chi connectivity index (χ1) is 11.7. The van der Waals surface area contributed by atoms with Crippen molar-refractivity contribution in [1.29, 1.82) is 0 Å². The fourth-order valence-corrected chi connectivity index (χ4v) is 4.06. The smallest absolute Gasteiger partial charge is 0.216 e. The Morgan fingerprint density at radius 3 is 2.38 bits per heavy atom. The van der Waals surface area contributed by atoms with Gasteiger partial charge in [0.2, 0.25) is 5.90 Å². The molecule has 1 aliphatic carbocycles. The van der Waals surface area contributed by atoms with Gasteiger partial charge < -0.3 is 4.74 Å². The molecule has 24 heavy (non-hydrogen) atoms. The van der Waals surface area contributed by atoms with Crippen molar-refractivity contribution in [3.05, 3.63) is 35.4 Å². The van der Waals surface area contributed by atoms with Gasteiger partial charge in [-0.25, -0.2) is 4.99 Å². The number of unbranched alkanes of at least 4 members (excludes halogenated alkanes) is 1. The summed E-state index contributed by atoms with van der Waals surface area (Å²) in [4.78, 5) is 4.73. The second-order valence-corrected chi connectivity index (χ2v) is 8.04. The van der Waals surface area contributed by atoms with Crippen LogP contribution in [0.4, 0.5) is 0 Å². The van der Waals surface area contributed by atoms with E-state index < -0.39 is 0 Å². The van der Waals surface area contributed by atoms with E-state index in [1.54, 1.807) is 0 Å². The molecule has 0 spiro atoms. The van der Waals surface area contributed by atoms with Gasteiger partial charge >= 0.3 is 0 Å². The largest absolute Gasteiger partial charge is 0.475 e. The molecular formula is C22H33NO. The van der Waals surface area contributed by atoms with Crippen LogP contribution in [0.25, 0.3) is 0 Å². The van der Waals surface area contributed by atoms with Crippen LogP contribution in [0.5, 0.6) is 0 Å². The predicted octanol–water partition coefficient (Wildman–Crippen LogP) is 5.95.